The van der Waals surface area contributed by atoms with Crippen LogP contribution in [0, 0.1) is 13.8 Å². The van der Waals surface area contributed by atoms with Crippen LogP contribution in [0.15, 0.2) is 18.2 Å². The maximum absolute atomic E-state index is 6.29. The van der Waals surface area contributed by atoms with Crippen molar-refractivity contribution in [1.29, 1.82) is 0 Å². The van der Waals surface area contributed by atoms with Crippen LogP contribution < -0.4 is 5.32 Å². The molecule has 1 aromatic carbocycles. The standard InChI is InChI=1S/C19H31NO/c1-5-21-19(11-7-6-8-12-19)18(20-4)14-17-10-9-15(2)16(3)13-17/h9-10,13,18,20H,5-8,11-12,14H2,1-4H3. The molecule has 1 atom stereocenters. The molecule has 1 aromatic rings. The van der Waals surface area contributed by atoms with Crippen molar-refractivity contribution in [2.24, 2.45) is 0 Å². The normalized spacial score (nSPS) is 19.4. The SMILES string of the molecule is CCOC1(C(Cc2ccc(C)c(C)c2)NC)CCCCC1. The average Bonchev–Trinajstić information content (AvgIpc) is 2.49. The second-order valence-electron chi connectivity index (χ2n) is 6.52. The highest BCUT2D eigenvalue weighted by Crippen LogP contribution is 2.36. The molecule has 0 spiro atoms. The van der Waals surface area contributed by atoms with Crippen LogP contribution in [0.2, 0.25) is 0 Å². The zero-order chi connectivity index (χ0) is 15.3. The molecule has 1 saturated carbocycles. The number of rotatable bonds is 6. The number of ether oxygens (including phenoxy) is 1. The predicted molar refractivity (Wildman–Crippen MR) is 89.9 cm³/mol. The molecule has 2 nitrogen and oxygen atoms in total. The molecule has 21 heavy (non-hydrogen) atoms. The Hall–Kier alpha value is -0.860. The highest BCUT2D eigenvalue weighted by atomic mass is 16.5. The van der Waals surface area contributed by atoms with Crippen molar-refractivity contribution >= 4 is 0 Å². The van der Waals surface area contributed by atoms with E-state index in [9.17, 15) is 0 Å². The lowest BCUT2D eigenvalue weighted by Gasteiger charge is -2.43. The molecule has 1 aliphatic carbocycles. The Bertz CT molecular complexity index is 443. The molecule has 0 aliphatic heterocycles. The van der Waals surface area contributed by atoms with Gasteiger partial charge in [-0.3, -0.25) is 0 Å². The van der Waals surface area contributed by atoms with E-state index in [-0.39, 0.29) is 5.60 Å². The fraction of sp³-hybridized carbons (Fsp3) is 0.684. The van der Waals surface area contributed by atoms with Gasteiger partial charge >= 0.3 is 0 Å². The van der Waals surface area contributed by atoms with Gasteiger partial charge in [-0.2, -0.15) is 0 Å². The lowest BCUT2D eigenvalue weighted by Crippen LogP contribution is -2.53. The van der Waals surface area contributed by atoms with Crippen LogP contribution in [0.5, 0.6) is 0 Å². The molecule has 0 aromatic heterocycles. The molecule has 118 valence electrons. The van der Waals surface area contributed by atoms with Crippen LogP contribution in [0.25, 0.3) is 0 Å². The molecule has 0 saturated heterocycles. The van der Waals surface area contributed by atoms with E-state index >= 15 is 0 Å². The van der Waals surface area contributed by atoms with Gasteiger partial charge in [0.2, 0.25) is 0 Å². The summed E-state index contributed by atoms with van der Waals surface area (Å²) in [6, 6.07) is 7.25. The second-order valence-corrected chi connectivity index (χ2v) is 6.52. The molecule has 0 radical (unpaired) electrons. The Balaban J connectivity index is 2.17. The van der Waals surface area contributed by atoms with Gasteiger partial charge in [0.25, 0.3) is 0 Å². The van der Waals surface area contributed by atoms with Crippen LogP contribution in [-0.2, 0) is 11.2 Å². The van der Waals surface area contributed by atoms with E-state index in [0.29, 0.717) is 6.04 Å². The third-order valence-corrected chi connectivity index (χ3v) is 5.13. The summed E-state index contributed by atoms with van der Waals surface area (Å²) >= 11 is 0. The van der Waals surface area contributed by atoms with Gasteiger partial charge in [0.05, 0.1) is 5.60 Å². The summed E-state index contributed by atoms with van der Waals surface area (Å²) in [4.78, 5) is 0. The number of aryl methyl sites for hydroxylation is 2. The quantitative estimate of drug-likeness (QED) is 0.848. The predicted octanol–water partition coefficient (Wildman–Crippen LogP) is 4.17. The van der Waals surface area contributed by atoms with Crippen LogP contribution in [0.3, 0.4) is 0 Å². The Morgan fingerprint density at radius 2 is 1.86 bits per heavy atom. The summed E-state index contributed by atoms with van der Waals surface area (Å²) in [5.41, 5.74) is 4.20. The molecule has 2 heteroatoms. The zero-order valence-corrected chi connectivity index (χ0v) is 14.2. The summed E-state index contributed by atoms with van der Waals surface area (Å²) in [5.74, 6) is 0. The maximum atomic E-state index is 6.29. The van der Waals surface area contributed by atoms with Crippen molar-refractivity contribution in [2.45, 2.75) is 70.9 Å². The topological polar surface area (TPSA) is 21.3 Å². The maximum Gasteiger partial charge on any atom is 0.0837 e. The lowest BCUT2D eigenvalue weighted by atomic mass is 9.77. The lowest BCUT2D eigenvalue weighted by molar-refractivity contribution is -0.0883. The van der Waals surface area contributed by atoms with Gasteiger partial charge < -0.3 is 10.1 Å². The molecule has 0 bridgehead atoms. The van der Waals surface area contributed by atoms with E-state index in [2.05, 4.69) is 51.3 Å². The Labute approximate surface area is 130 Å². The first-order valence-electron chi connectivity index (χ1n) is 8.48. The van der Waals surface area contributed by atoms with E-state index in [1.807, 2.05) is 0 Å². The summed E-state index contributed by atoms with van der Waals surface area (Å²) in [5, 5.41) is 3.55. The fourth-order valence-electron chi connectivity index (χ4n) is 3.75. The monoisotopic (exact) mass is 289 g/mol. The van der Waals surface area contributed by atoms with E-state index in [1.165, 1.54) is 48.8 Å². The number of nitrogens with one attached hydrogen (secondary N) is 1. The molecular formula is C19H31NO. The molecular weight excluding hydrogens is 258 g/mol. The van der Waals surface area contributed by atoms with Crippen molar-refractivity contribution in [3.8, 4) is 0 Å². The Morgan fingerprint density at radius 3 is 2.43 bits per heavy atom. The van der Waals surface area contributed by atoms with Gasteiger partial charge in [0, 0.05) is 12.6 Å². The van der Waals surface area contributed by atoms with E-state index < -0.39 is 0 Å². The molecule has 1 fully saturated rings. The fourth-order valence-corrected chi connectivity index (χ4v) is 3.75. The minimum Gasteiger partial charge on any atom is -0.374 e. The van der Waals surface area contributed by atoms with E-state index in [1.54, 1.807) is 0 Å². The molecule has 1 aliphatic rings. The summed E-state index contributed by atoms with van der Waals surface area (Å²) in [7, 11) is 2.08. The van der Waals surface area contributed by atoms with Gasteiger partial charge in [0.15, 0.2) is 0 Å². The first-order chi connectivity index (χ1) is 10.1. The van der Waals surface area contributed by atoms with Crippen molar-refractivity contribution in [1.82, 2.24) is 5.32 Å². The first-order valence-corrected chi connectivity index (χ1v) is 8.48. The third kappa shape index (κ3) is 3.87. The molecule has 0 heterocycles. The largest absolute Gasteiger partial charge is 0.374 e. The summed E-state index contributed by atoms with van der Waals surface area (Å²) in [6.07, 6.45) is 7.39. The van der Waals surface area contributed by atoms with Crippen LogP contribution >= 0.6 is 0 Å². The highest BCUT2D eigenvalue weighted by Gasteiger charge is 2.39. The zero-order valence-electron chi connectivity index (χ0n) is 14.2. The van der Waals surface area contributed by atoms with Gasteiger partial charge in [-0.1, -0.05) is 37.5 Å². The van der Waals surface area contributed by atoms with Crippen LogP contribution in [0.1, 0.15) is 55.7 Å². The second kappa shape index (κ2) is 7.42. The molecule has 2 rings (SSSR count). The van der Waals surface area contributed by atoms with Crippen molar-refractivity contribution < 1.29 is 4.74 Å². The first kappa shape index (κ1) is 16.5. The smallest absolute Gasteiger partial charge is 0.0837 e. The molecule has 1 unspecified atom stereocenters. The van der Waals surface area contributed by atoms with E-state index in [0.717, 1.165) is 13.0 Å². The summed E-state index contributed by atoms with van der Waals surface area (Å²) < 4.78 is 6.29. The Morgan fingerprint density at radius 1 is 1.14 bits per heavy atom. The van der Waals surface area contributed by atoms with E-state index in [4.69, 9.17) is 4.74 Å². The van der Waals surface area contributed by atoms with Crippen LogP contribution in [-0.4, -0.2) is 25.3 Å². The minimum atomic E-state index is 0.0283. The van der Waals surface area contributed by atoms with Gasteiger partial charge in [-0.25, -0.2) is 0 Å². The van der Waals surface area contributed by atoms with Gasteiger partial charge in [-0.15, -0.1) is 0 Å². The number of hydrogen-bond acceptors (Lipinski definition) is 2. The number of benzene rings is 1. The Kier molecular flexibility index (Phi) is 5.83. The van der Waals surface area contributed by atoms with Crippen molar-refractivity contribution in [3.63, 3.8) is 0 Å². The average molecular weight is 289 g/mol. The van der Waals surface area contributed by atoms with Gasteiger partial charge in [0.1, 0.15) is 0 Å². The highest BCUT2D eigenvalue weighted by molar-refractivity contribution is 5.30. The minimum absolute atomic E-state index is 0.0283. The number of hydrogen-bond donors (Lipinski definition) is 1. The summed E-state index contributed by atoms with van der Waals surface area (Å²) in [6.45, 7) is 7.31. The van der Waals surface area contributed by atoms with Crippen LogP contribution in [0.4, 0.5) is 0 Å². The molecule has 0 amide bonds. The third-order valence-electron chi connectivity index (χ3n) is 5.13. The van der Waals surface area contributed by atoms with Crippen molar-refractivity contribution in [3.05, 3.63) is 34.9 Å². The van der Waals surface area contributed by atoms with Gasteiger partial charge in [-0.05, 0) is 63.8 Å². The number of likely N-dealkylation sites (N-methyl/N-ethyl adjacent to an activating group) is 1. The van der Waals surface area contributed by atoms with Crippen molar-refractivity contribution in [2.75, 3.05) is 13.7 Å². The molecule has 1 N–H and O–H groups in total.